The van der Waals surface area contributed by atoms with Gasteiger partial charge in [0.25, 0.3) is 0 Å². The fourth-order valence-electron chi connectivity index (χ4n) is 2.42. The predicted molar refractivity (Wildman–Crippen MR) is 70.1 cm³/mol. The van der Waals surface area contributed by atoms with Crippen LogP contribution in [0.25, 0.3) is 0 Å². The van der Waals surface area contributed by atoms with E-state index in [1.54, 1.807) is 12.2 Å². The lowest BCUT2D eigenvalue weighted by molar-refractivity contribution is -0.148. The summed E-state index contributed by atoms with van der Waals surface area (Å²) in [5.74, 6) is -1.40. The number of allylic oxidation sites excluding steroid dienone is 2. The molecule has 1 saturated carbocycles. The highest BCUT2D eigenvalue weighted by molar-refractivity contribution is 5.88. The first-order valence-electron chi connectivity index (χ1n) is 6.33. The van der Waals surface area contributed by atoms with Gasteiger partial charge in [-0.15, -0.1) is 13.2 Å². The Balaban J connectivity index is 2.73. The van der Waals surface area contributed by atoms with Crippen LogP contribution in [0, 0.1) is 5.92 Å². The molecule has 0 aromatic heterocycles. The number of carbonyl (C=O) groups excluding carboxylic acids is 1. The number of hydrogen-bond acceptors (Lipinski definition) is 2. The quantitative estimate of drug-likeness (QED) is 0.682. The molecule has 0 saturated heterocycles. The molecule has 1 rings (SSSR count). The van der Waals surface area contributed by atoms with E-state index in [1.165, 1.54) is 0 Å². The molecular formula is C14H21NO3. The molecule has 2 N–H and O–H groups in total. The molecule has 0 aromatic carbocycles. The number of amides is 1. The molecule has 0 aliphatic heterocycles. The van der Waals surface area contributed by atoms with Gasteiger partial charge in [0.15, 0.2) is 0 Å². The van der Waals surface area contributed by atoms with Crippen molar-refractivity contribution >= 4 is 11.9 Å². The fourth-order valence-corrected chi connectivity index (χ4v) is 2.42. The summed E-state index contributed by atoms with van der Waals surface area (Å²) in [6.07, 6.45) is 7.15. The van der Waals surface area contributed by atoms with Crippen LogP contribution in [-0.2, 0) is 9.59 Å². The van der Waals surface area contributed by atoms with Crippen LogP contribution in [-0.4, -0.2) is 22.5 Å². The average Bonchev–Trinajstić information content (AvgIpc) is 2.78. The van der Waals surface area contributed by atoms with Crippen molar-refractivity contribution in [3.05, 3.63) is 25.3 Å². The first-order valence-corrected chi connectivity index (χ1v) is 6.33. The highest BCUT2D eigenvalue weighted by atomic mass is 16.4. The van der Waals surface area contributed by atoms with E-state index in [0.717, 1.165) is 12.8 Å². The zero-order chi connectivity index (χ0) is 13.6. The second-order valence-corrected chi connectivity index (χ2v) is 4.83. The molecule has 1 fully saturated rings. The second kappa shape index (κ2) is 6.38. The molecule has 1 aliphatic rings. The van der Waals surface area contributed by atoms with Crippen LogP contribution in [0.5, 0.6) is 0 Å². The minimum absolute atomic E-state index is 0.209. The molecule has 0 unspecified atom stereocenters. The maximum atomic E-state index is 12.1. The average molecular weight is 251 g/mol. The van der Waals surface area contributed by atoms with Gasteiger partial charge in [-0.25, -0.2) is 4.79 Å². The Hall–Kier alpha value is -1.58. The Kier molecular flexibility index (Phi) is 5.13. The van der Waals surface area contributed by atoms with Crippen LogP contribution in [0.15, 0.2) is 25.3 Å². The standard InChI is InChI=1S/C14H21NO3/c1-3-7-11(8-4-2)12(16)15-14(13(17)18)9-5-6-10-14/h3-4,11H,1-2,5-10H2,(H,15,16)(H,17,18). The van der Waals surface area contributed by atoms with Crippen molar-refractivity contribution in [2.45, 2.75) is 44.1 Å². The summed E-state index contributed by atoms with van der Waals surface area (Å²) in [7, 11) is 0. The number of carbonyl (C=O) groups is 2. The lowest BCUT2D eigenvalue weighted by Crippen LogP contribution is -2.54. The minimum Gasteiger partial charge on any atom is -0.480 e. The zero-order valence-corrected chi connectivity index (χ0v) is 10.7. The zero-order valence-electron chi connectivity index (χ0n) is 10.7. The summed E-state index contributed by atoms with van der Waals surface area (Å²) in [6.45, 7) is 7.24. The first kappa shape index (κ1) is 14.5. The van der Waals surface area contributed by atoms with Gasteiger partial charge in [0.1, 0.15) is 5.54 Å². The molecule has 4 heteroatoms. The smallest absolute Gasteiger partial charge is 0.329 e. The summed E-state index contributed by atoms with van der Waals surface area (Å²) in [4.78, 5) is 23.5. The Morgan fingerprint density at radius 1 is 1.22 bits per heavy atom. The third-order valence-corrected chi connectivity index (χ3v) is 3.50. The summed E-state index contributed by atoms with van der Waals surface area (Å²) < 4.78 is 0. The van der Waals surface area contributed by atoms with Gasteiger partial charge in [0, 0.05) is 5.92 Å². The predicted octanol–water partition coefficient (Wildman–Crippen LogP) is 2.27. The van der Waals surface area contributed by atoms with Gasteiger partial charge in [-0.1, -0.05) is 25.0 Å². The van der Waals surface area contributed by atoms with E-state index in [2.05, 4.69) is 18.5 Å². The van der Waals surface area contributed by atoms with Crippen molar-refractivity contribution in [2.24, 2.45) is 5.92 Å². The molecule has 0 bridgehead atoms. The van der Waals surface area contributed by atoms with E-state index in [0.29, 0.717) is 25.7 Å². The largest absolute Gasteiger partial charge is 0.480 e. The van der Waals surface area contributed by atoms with Gasteiger partial charge in [0.05, 0.1) is 0 Å². The summed E-state index contributed by atoms with van der Waals surface area (Å²) in [6, 6.07) is 0. The number of hydrogen-bond donors (Lipinski definition) is 2. The first-order chi connectivity index (χ1) is 8.55. The molecule has 0 atom stereocenters. The van der Waals surface area contributed by atoms with Gasteiger partial charge < -0.3 is 10.4 Å². The van der Waals surface area contributed by atoms with Crippen LogP contribution in [0.1, 0.15) is 38.5 Å². The maximum Gasteiger partial charge on any atom is 0.329 e. The third-order valence-electron chi connectivity index (χ3n) is 3.50. The SMILES string of the molecule is C=CCC(CC=C)C(=O)NC1(C(=O)O)CCCC1. The van der Waals surface area contributed by atoms with E-state index in [-0.39, 0.29) is 11.8 Å². The lowest BCUT2D eigenvalue weighted by atomic mass is 9.94. The summed E-state index contributed by atoms with van der Waals surface area (Å²) >= 11 is 0. The van der Waals surface area contributed by atoms with Crippen molar-refractivity contribution in [2.75, 3.05) is 0 Å². The number of carboxylic acid groups (broad SMARTS) is 1. The number of rotatable bonds is 7. The van der Waals surface area contributed by atoms with Gasteiger partial charge >= 0.3 is 5.97 Å². The molecule has 100 valence electrons. The highest BCUT2D eigenvalue weighted by Gasteiger charge is 2.43. The van der Waals surface area contributed by atoms with Crippen LogP contribution in [0.2, 0.25) is 0 Å². The maximum absolute atomic E-state index is 12.1. The van der Waals surface area contributed by atoms with Crippen molar-refractivity contribution < 1.29 is 14.7 Å². The van der Waals surface area contributed by atoms with Crippen LogP contribution >= 0.6 is 0 Å². The van der Waals surface area contributed by atoms with Gasteiger partial charge in [-0.3, -0.25) is 4.79 Å². The third kappa shape index (κ3) is 3.22. The summed E-state index contributed by atoms with van der Waals surface area (Å²) in [5, 5.41) is 12.0. The Bertz CT molecular complexity index is 333. The van der Waals surface area contributed by atoms with E-state index >= 15 is 0 Å². The second-order valence-electron chi connectivity index (χ2n) is 4.83. The molecule has 0 heterocycles. The fraction of sp³-hybridized carbons (Fsp3) is 0.571. The van der Waals surface area contributed by atoms with E-state index in [9.17, 15) is 14.7 Å². The molecule has 18 heavy (non-hydrogen) atoms. The van der Waals surface area contributed by atoms with Crippen LogP contribution in [0.3, 0.4) is 0 Å². The van der Waals surface area contributed by atoms with Gasteiger partial charge in [-0.05, 0) is 25.7 Å². The molecular weight excluding hydrogens is 230 g/mol. The van der Waals surface area contributed by atoms with Gasteiger partial charge in [0.2, 0.25) is 5.91 Å². The number of aliphatic carboxylic acids is 1. The Labute approximate surface area is 108 Å². The number of carboxylic acids is 1. The van der Waals surface area contributed by atoms with E-state index in [4.69, 9.17) is 0 Å². The molecule has 1 amide bonds. The van der Waals surface area contributed by atoms with Crippen molar-refractivity contribution in [3.63, 3.8) is 0 Å². The Morgan fingerprint density at radius 3 is 2.11 bits per heavy atom. The van der Waals surface area contributed by atoms with Gasteiger partial charge in [-0.2, -0.15) is 0 Å². The topological polar surface area (TPSA) is 66.4 Å². The summed E-state index contributed by atoms with van der Waals surface area (Å²) in [5.41, 5.74) is -1.06. The van der Waals surface area contributed by atoms with Crippen molar-refractivity contribution in [1.29, 1.82) is 0 Å². The molecule has 0 aromatic rings. The van der Waals surface area contributed by atoms with Crippen molar-refractivity contribution in [1.82, 2.24) is 5.32 Å². The monoisotopic (exact) mass is 251 g/mol. The van der Waals surface area contributed by atoms with Crippen LogP contribution < -0.4 is 5.32 Å². The van der Waals surface area contributed by atoms with E-state index < -0.39 is 11.5 Å². The van der Waals surface area contributed by atoms with Crippen molar-refractivity contribution in [3.8, 4) is 0 Å². The molecule has 1 aliphatic carbocycles. The lowest BCUT2D eigenvalue weighted by Gasteiger charge is -2.27. The normalized spacial score (nSPS) is 17.4. The molecule has 0 spiro atoms. The number of nitrogens with one attached hydrogen (secondary N) is 1. The Morgan fingerprint density at radius 2 is 1.72 bits per heavy atom. The molecule has 4 nitrogen and oxygen atoms in total. The highest BCUT2D eigenvalue weighted by Crippen LogP contribution is 2.30. The minimum atomic E-state index is -1.06. The molecule has 0 radical (unpaired) electrons. The van der Waals surface area contributed by atoms with E-state index in [1.807, 2.05) is 0 Å². The van der Waals surface area contributed by atoms with Crippen LogP contribution in [0.4, 0.5) is 0 Å².